The van der Waals surface area contributed by atoms with E-state index in [-0.39, 0.29) is 11.9 Å². The van der Waals surface area contributed by atoms with Crippen LogP contribution in [0.5, 0.6) is 0 Å². The molecule has 3 N–H and O–H groups in total. The maximum Gasteiger partial charge on any atom is 0.408 e. The van der Waals surface area contributed by atoms with Gasteiger partial charge in [0.2, 0.25) is 11.8 Å². The number of nitrogens with one attached hydrogen (secondary N) is 2. The Morgan fingerprint density at radius 3 is 2.26 bits per heavy atom. The number of alkyl carbamates (subject to hydrolysis) is 1. The predicted octanol–water partition coefficient (Wildman–Crippen LogP) is 4.25. The van der Waals surface area contributed by atoms with Gasteiger partial charge in [0, 0.05) is 12.6 Å². The number of hydrogen-bond acceptors (Lipinski definition) is 5. The molecule has 0 heterocycles. The summed E-state index contributed by atoms with van der Waals surface area (Å²) in [4.78, 5) is 41.2. The van der Waals surface area contributed by atoms with E-state index in [9.17, 15) is 19.5 Å². The second kappa shape index (κ2) is 14.7. The molecule has 8 nitrogen and oxygen atoms in total. The van der Waals surface area contributed by atoms with Crippen LogP contribution in [0.25, 0.3) is 0 Å². The topological polar surface area (TPSA) is 108 Å². The summed E-state index contributed by atoms with van der Waals surface area (Å²) in [6, 6.07) is 5.29. The summed E-state index contributed by atoms with van der Waals surface area (Å²) in [6.45, 7) is 12.8. The van der Waals surface area contributed by atoms with Crippen LogP contribution < -0.4 is 10.6 Å². The lowest BCUT2D eigenvalue weighted by atomic mass is 9.97. The Bertz CT molecular complexity index is 821. The third-order valence-electron chi connectivity index (χ3n) is 5.61. The third-order valence-corrected chi connectivity index (χ3v) is 5.61. The molecule has 1 rings (SSSR count). The minimum atomic E-state index is -1.24. The quantitative estimate of drug-likeness (QED) is 0.358. The molecule has 0 saturated heterocycles. The van der Waals surface area contributed by atoms with Gasteiger partial charge in [-0.2, -0.15) is 0 Å². The van der Waals surface area contributed by atoms with Crippen LogP contribution >= 0.6 is 0 Å². The van der Waals surface area contributed by atoms with Crippen molar-refractivity contribution in [3.63, 3.8) is 0 Å². The Labute approximate surface area is 210 Å². The van der Waals surface area contributed by atoms with Crippen molar-refractivity contribution < 1.29 is 24.2 Å². The zero-order valence-electron chi connectivity index (χ0n) is 22.5. The first-order chi connectivity index (χ1) is 16.4. The minimum absolute atomic E-state index is 0.0554. The first kappa shape index (κ1) is 30.4. The largest absolute Gasteiger partial charge is 0.444 e. The van der Waals surface area contributed by atoms with Gasteiger partial charge in [0.15, 0.2) is 0 Å². The molecular weight excluding hydrogens is 446 g/mol. The number of amides is 3. The van der Waals surface area contributed by atoms with E-state index in [2.05, 4.69) is 24.5 Å². The summed E-state index contributed by atoms with van der Waals surface area (Å²) < 4.78 is 5.28. The Morgan fingerprint density at radius 1 is 1.06 bits per heavy atom. The van der Waals surface area contributed by atoms with Gasteiger partial charge in [-0.3, -0.25) is 9.59 Å². The molecule has 0 spiro atoms. The van der Waals surface area contributed by atoms with Crippen LogP contribution in [-0.4, -0.2) is 58.8 Å². The van der Waals surface area contributed by atoms with Crippen molar-refractivity contribution >= 4 is 17.9 Å². The number of benzene rings is 1. The number of carbonyl (C=O) groups excluding carboxylic acids is 3. The third kappa shape index (κ3) is 10.3. The van der Waals surface area contributed by atoms with E-state index in [1.54, 1.807) is 20.8 Å². The second-order valence-corrected chi connectivity index (χ2v) is 10.1. The van der Waals surface area contributed by atoms with E-state index in [0.29, 0.717) is 18.5 Å². The van der Waals surface area contributed by atoms with Crippen LogP contribution in [0.15, 0.2) is 24.3 Å². The van der Waals surface area contributed by atoms with Crippen molar-refractivity contribution in [1.82, 2.24) is 15.5 Å². The molecule has 8 heteroatoms. The normalized spacial score (nSPS) is 13.9. The number of rotatable bonds is 13. The maximum absolute atomic E-state index is 13.7. The zero-order valence-corrected chi connectivity index (χ0v) is 22.5. The predicted molar refractivity (Wildman–Crippen MR) is 138 cm³/mol. The average molecular weight is 492 g/mol. The molecule has 0 radical (unpaired) electrons. The number of hydrogen-bond donors (Lipinski definition) is 3. The molecule has 3 amide bonds. The summed E-state index contributed by atoms with van der Waals surface area (Å²) in [5.41, 5.74) is 0.838. The van der Waals surface area contributed by atoms with E-state index in [1.165, 1.54) is 4.90 Å². The monoisotopic (exact) mass is 491 g/mol. The minimum Gasteiger partial charge on any atom is -0.444 e. The molecule has 198 valence electrons. The lowest BCUT2D eigenvalue weighted by Crippen LogP contribution is -2.55. The van der Waals surface area contributed by atoms with Gasteiger partial charge >= 0.3 is 6.09 Å². The van der Waals surface area contributed by atoms with E-state index >= 15 is 0 Å². The van der Waals surface area contributed by atoms with Gasteiger partial charge in [0.25, 0.3) is 0 Å². The number of carbonyl (C=O) groups is 3. The number of aryl methyl sites for hydroxylation is 1. The summed E-state index contributed by atoms with van der Waals surface area (Å²) in [7, 11) is 0. The molecule has 3 atom stereocenters. The first-order valence-corrected chi connectivity index (χ1v) is 12.7. The SMILES string of the molecule is CCCCCN(C(=O)C(CO)NC(=O)OC(C)(C)C)C(C(=O)NC(C)CCC)c1ccccc1C. The number of aliphatic hydroxyl groups is 1. The van der Waals surface area contributed by atoms with Gasteiger partial charge in [-0.25, -0.2) is 4.79 Å². The van der Waals surface area contributed by atoms with Crippen LogP contribution in [0.3, 0.4) is 0 Å². The average Bonchev–Trinajstić information content (AvgIpc) is 2.76. The lowest BCUT2D eigenvalue weighted by molar-refractivity contribution is -0.143. The van der Waals surface area contributed by atoms with Crippen molar-refractivity contribution in [2.45, 2.75) is 104 Å². The molecule has 0 aliphatic rings. The molecule has 0 saturated carbocycles. The Hall–Kier alpha value is -2.61. The molecule has 0 aliphatic carbocycles. The standard InChI is InChI=1S/C27H45N3O5/c1-8-10-13-17-30(25(33)22(18-31)29-26(34)35-27(5,6)7)23(21-16-12-11-15-19(21)3)24(32)28-20(4)14-9-2/h11-12,15-16,20,22-23,31H,8-10,13-14,17-18H2,1-7H3,(H,28,32)(H,29,34). The van der Waals surface area contributed by atoms with Crippen LogP contribution in [0.4, 0.5) is 4.79 Å². The number of nitrogens with zero attached hydrogens (tertiary/aromatic N) is 1. The van der Waals surface area contributed by atoms with Crippen molar-refractivity contribution in [3.8, 4) is 0 Å². The van der Waals surface area contributed by atoms with Crippen LogP contribution in [0.2, 0.25) is 0 Å². The molecule has 35 heavy (non-hydrogen) atoms. The van der Waals surface area contributed by atoms with Gasteiger partial charge in [-0.05, 0) is 58.6 Å². The summed E-state index contributed by atoms with van der Waals surface area (Å²) in [5, 5.41) is 15.5. The molecular formula is C27H45N3O5. The van der Waals surface area contributed by atoms with Gasteiger partial charge in [-0.1, -0.05) is 57.4 Å². The van der Waals surface area contributed by atoms with Gasteiger partial charge in [-0.15, -0.1) is 0 Å². The Kier molecular flexibility index (Phi) is 12.8. The fourth-order valence-electron chi connectivity index (χ4n) is 3.91. The van der Waals surface area contributed by atoms with Crippen molar-refractivity contribution in [3.05, 3.63) is 35.4 Å². The van der Waals surface area contributed by atoms with Crippen LogP contribution in [-0.2, 0) is 14.3 Å². The molecule has 1 aromatic carbocycles. The summed E-state index contributed by atoms with van der Waals surface area (Å²) in [5.74, 6) is -0.805. The fourth-order valence-corrected chi connectivity index (χ4v) is 3.91. The van der Waals surface area contributed by atoms with Crippen molar-refractivity contribution in [1.29, 1.82) is 0 Å². The number of unbranched alkanes of at least 4 members (excludes halogenated alkanes) is 2. The molecule has 0 aromatic heterocycles. The van der Waals surface area contributed by atoms with E-state index in [1.807, 2.05) is 38.1 Å². The first-order valence-electron chi connectivity index (χ1n) is 12.7. The molecule has 0 bridgehead atoms. The second-order valence-electron chi connectivity index (χ2n) is 10.1. The van der Waals surface area contributed by atoms with Crippen molar-refractivity contribution in [2.75, 3.05) is 13.2 Å². The summed E-state index contributed by atoms with van der Waals surface area (Å²) in [6.07, 6.45) is 3.44. The van der Waals surface area contributed by atoms with Crippen LogP contribution in [0, 0.1) is 6.92 Å². The van der Waals surface area contributed by atoms with Crippen molar-refractivity contribution in [2.24, 2.45) is 0 Å². The molecule has 3 unspecified atom stereocenters. The van der Waals surface area contributed by atoms with E-state index in [0.717, 1.165) is 31.2 Å². The molecule has 0 fully saturated rings. The fraction of sp³-hybridized carbons (Fsp3) is 0.667. The zero-order chi connectivity index (χ0) is 26.6. The summed E-state index contributed by atoms with van der Waals surface area (Å²) >= 11 is 0. The number of ether oxygens (including phenoxy) is 1. The van der Waals surface area contributed by atoms with E-state index in [4.69, 9.17) is 4.74 Å². The van der Waals surface area contributed by atoms with Gasteiger partial charge < -0.3 is 25.4 Å². The highest BCUT2D eigenvalue weighted by Crippen LogP contribution is 2.26. The maximum atomic E-state index is 13.7. The highest BCUT2D eigenvalue weighted by atomic mass is 16.6. The van der Waals surface area contributed by atoms with Crippen LogP contribution in [0.1, 0.15) is 90.8 Å². The van der Waals surface area contributed by atoms with Gasteiger partial charge in [0.1, 0.15) is 17.7 Å². The number of aliphatic hydroxyl groups excluding tert-OH is 1. The smallest absolute Gasteiger partial charge is 0.408 e. The highest BCUT2D eigenvalue weighted by molar-refractivity contribution is 5.92. The van der Waals surface area contributed by atoms with E-state index < -0.39 is 36.3 Å². The Balaban J connectivity index is 3.40. The highest BCUT2D eigenvalue weighted by Gasteiger charge is 2.36. The van der Waals surface area contributed by atoms with Gasteiger partial charge in [0.05, 0.1) is 6.61 Å². The molecule has 0 aliphatic heterocycles. The Morgan fingerprint density at radius 2 is 1.71 bits per heavy atom. The lowest BCUT2D eigenvalue weighted by Gasteiger charge is -2.35. The molecule has 1 aromatic rings.